The number of hydrogen-bond acceptors (Lipinski definition) is 3. The van der Waals surface area contributed by atoms with E-state index in [-0.39, 0.29) is 6.04 Å². The predicted octanol–water partition coefficient (Wildman–Crippen LogP) is 4.21. The minimum absolute atomic E-state index is 0.233. The fourth-order valence-electron chi connectivity index (χ4n) is 2.30. The zero-order valence-electron chi connectivity index (χ0n) is 12.2. The van der Waals surface area contributed by atoms with Gasteiger partial charge in [-0.05, 0) is 43.7 Å². The van der Waals surface area contributed by atoms with Gasteiger partial charge in [-0.3, -0.25) is 0 Å². The molecule has 0 amide bonds. The van der Waals surface area contributed by atoms with Crippen LogP contribution in [0.4, 0.5) is 11.4 Å². The molecule has 0 spiro atoms. The van der Waals surface area contributed by atoms with Crippen molar-refractivity contribution in [3.63, 3.8) is 0 Å². The molecule has 0 radical (unpaired) electrons. The van der Waals surface area contributed by atoms with Crippen molar-refractivity contribution in [2.75, 3.05) is 10.6 Å². The van der Waals surface area contributed by atoms with Gasteiger partial charge in [-0.2, -0.15) is 5.26 Å². The van der Waals surface area contributed by atoms with Crippen molar-refractivity contribution in [2.24, 2.45) is 0 Å². The van der Waals surface area contributed by atoms with Crippen LogP contribution in [0.1, 0.15) is 25.0 Å². The van der Waals surface area contributed by atoms with Crippen molar-refractivity contribution in [1.82, 2.24) is 0 Å². The van der Waals surface area contributed by atoms with Crippen LogP contribution in [0.5, 0.6) is 0 Å². The van der Waals surface area contributed by atoms with Crippen LogP contribution < -0.4 is 10.6 Å². The third-order valence-electron chi connectivity index (χ3n) is 3.34. The molecular formula is C17H18ClN3. The van der Waals surface area contributed by atoms with Gasteiger partial charge >= 0.3 is 0 Å². The second-order valence-corrected chi connectivity index (χ2v) is 5.62. The lowest BCUT2D eigenvalue weighted by atomic mass is 10.1. The van der Waals surface area contributed by atoms with Crippen LogP contribution in [0.2, 0.25) is 5.02 Å². The number of benzene rings is 2. The third-order valence-corrected chi connectivity index (χ3v) is 3.66. The molecule has 0 saturated carbocycles. The Balaban J connectivity index is 2.41. The summed E-state index contributed by atoms with van der Waals surface area (Å²) in [6.07, 6.45) is 0. The van der Waals surface area contributed by atoms with E-state index in [2.05, 4.69) is 24.8 Å². The highest BCUT2D eigenvalue weighted by molar-refractivity contribution is 6.32. The van der Waals surface area contributed by atoms with Crippen molar-refractivity contribution >= 4 is 23.0 Å². The van der Waals surface area contributed by atoms with Crippen molar-refractivity contribution in [1.29, 1.82) is 5.26 Å². The lowest BCUT2D eigenvalue weighted by Crippen LogP contribution is -2.30. The van der Waals surface area contributed by atoms with Gasteiger partial charge in [0.25, 0.3) is 0 Å². The maximum Gasteiger partial charge on any atom is 0.103 e. The van der Waals surface area contributed by atoms with E-state index in [4.69, 9.17) is 17.3 Å². The van der Waals surface area contributed by atoms with Gasteiger partial charge in [-0.15, -0.1) is 0 Å². The summed E-state index contributed by atoms with van der Waals surface area (Å²) in [5, 5.41) is 9.84. The maximum atomic E-state index is 9.36. The molecule has 0 aliphatic rings. The van der Waals surface area contributed by atoms with Crippen LogP contribution >= 0.6 is 11.6 Å². The first-order valence-corrected chi connectivity index (χ1v) is 7.20. The van der Waals surface area contributed by atoms with Crippen LogP contribution in [0.25, 0.3) is 0 Å². The molecule has 2 aromatic carbocycles. The van der Waals surface area contributed by atoms with Crippen LogP contribution in [0, 0.1) is 11.3 Å². The summed E-state index contributed by atoms with van der Waals surface area (Å²) in [5.74, 6) is 0. The normalized spacial score (nSPS) is 10.4. The highest BCUT2D eigenvalue weighted by Crippen LogP contribution is 2.29. The first-order valence-electron chi connectivity index (χ1n) is 6.82. The number of halogens is 1. The SMILES string of the molecule is CC(C)N(Cc1cccc(N)c1)c1cccc(Cl)c1C#N. The predicted molar refractivity (Wildman–Crippen MR) is 88.3 cm³/mol. The summed E-state index contributed by atoms with van der Waals surface area (Å²) in [6.45, 7) is 4.86. The topological polar surface area (TPSA) is 53.0 Å². The molecule has 2 rings (SSSR count). The molecular weight excluding hydrogens is 282 g/mol. The smallest absolute Gasteiger partial charge is 0.103 e. The van der Waals surface area contributed by atoms with Crippen molar-refractivity contribution < 1.29 is 0 Å². The number of anilines is 2. The largest absolute Gasteiger partial charge is 0.399 e. The zero-order valence-corrected chi connectivity index (χ0v) is 12.9. The average molecular weight is 300 g/mol. The molecule has 0 aliphatic heterocycles. The molecule has 2 aromatic rings. The Hall–Kier alpha value is -2.18. The Labute approximate surface area is 130 Å². The van der Waals surface area contributed by atoms with Crippen LogP contribution in [-0.4, -0.2) is 6.04 Å². The Kier molecular flexibility index (Phi) is 4.72. The highest BCUT2D eigenvalue weighted by atomic mass is 35.5. The maximum absolute atomic E-state index is 9.36. The number of nitrogens with zero attached hydrogens (tertiary/aromatic N) is 2. The fraction of sp³-hybridized carbons (Fsp3) is 0.235. The number of hydrogen-bond donors (Lipinski definition) is 1. The van der Waals surface area contributed by atoms with Crippen LogP contribution in [0.3, 0.4) is 0 Å². The first-order chi connectivity index (χ1) is 10.0. The lowest BCUT2D eigenvalue weighted by Gasteiger charge is -2.30. The molecule has 0 aliphatic carbocycles. The van der Waals surface area contributed by atoms with E-state index in [1.54, 1.807) is 6.07 Å². The fourth-order valence-corrected chi connectivity index (χ4v) is 2.51. The lowest BCUT2D eigenvalue weighted by molar-refractivity contribution is 0.682. The van der Waals surface area contributed by atoms with Crippen molar-refractivity contribution in [2.45, 2.75) is 26.4 Å². The van der Waals surface area contributed by atoms with E-state index in [0.717, 1.165) is 16.9 Å². The Bertz CT molecular complexity index is 674. The molecule has 0 fully saturated rings. The molecule has 0 heterocycles. The number of rotatable bonds is 4. The molecule has 0 saturated heterocycles. The van der Waals surface area contributed by atoms with Gasteiger partial charge in [0.15, 0.2) is 0 Å². The minimum Gasteiger partial charge on any atom is -0.399 e. The van der Waals surface area contributed by atoms with Gasteiger partial charge in [0.05, 0.1) is 16.3 Å². The molecule has 21 heavy (non-hydrogen) atoms. The monoisotopic (exact) mass is 299 g/mol. The van der Waals surface area contributed by atoms with E-state index in [9.17, 15) is 5.26 Å². The van der Waals surface area contributed by atoms with Crippen molar-refractivity contribution in [3.8, 4) is 6.07 Å². The molecule has 108 valence electrons. The van der Waals surface area contributed by atoms with E-state index >= 15 is 0 Å². The van der Waals surface area contributed by atoms with E-state index < -0.39 is 0 Å². The average Bonchev–Trinajstić information content (AvgIpc) is 2.44. The summed E-state index contributed by atoms with van der Waals surface area (Å²) in [7, 11) is 0. The molecule has 0 atom stereocenters. The molecule has 3 nitrogen and oxygen atoms in total. The van der Waals surface area contributed by atoms with Crippen LogP contribution in [-0.2, 0) is 6.54 Å². The van der Waals surface area contributed by atoms with Gasteiger partial charge in [0.2, 0.25) is 0 Å². The van der Waals surface area contributed by atoms with E-state index in [0.29, 0.717) is 17.1 Å². The number of nitriles is 1. The van der Waals surface area contributed by atoms with Crippen LogP contribution in [0.15, 0.2) is 42.5 Å². The minimum atomic E-state index is 0.233. The summed E-state index contributed by atoms with van der Waals surface area (Å²) in [5.41, 5.74) is 9.04. The second-order valence-electron chi connectivity index (χ2n) is 5.21. The quantitative estimate of drug-likeness (QED) is 0.860. The zero-order chi connectivity index (χ0) is 15.4. The van der Waals surface area contributed by atoms with Gasteiger partial charge < -0.3 is 10.6 Å². The van der Waals surface area contributed by atoms with Gasteiger partial charge in [-0.1, -0.05) is 29.8 Å². The summed E-state index contributed by atoms with van der Waals surface area (Å²) in [4.78, 5) is 2.15. The highest BCUT2D eigenvalue weighted by Gasteiger charge is 2.17. The van der Waals surface area contributed by atoms with E-state index in [1.807, 2.05) is 36.4 Å². The Morgan fingerprint density at radius 2 is 1.95 bits per heavy atom. The Morgan fingerprint density at radius 1 is 1.24 bits per heavy atom. The van der Waals surface area contributed by atoms with Gasteiger partial charge in [-0.25, -0.2) is 0 Å². The molecule has 0 aromatic heterocycles. The number of nitrogens with two attached hydrogens (primary N) is 1. The standard InChI is InChI=1S/C17H18ClN3/c1-12(2)21(11-13-5-3-6-14(20)9-13)17-8-4-7-16(18)15(17)10-19/h3-9,12H,11,20H2,1-2H3. The summed E-state index contributed by atoms with van der Waals surface area (Å²) >= 11 is 6.14. The number of nitrogen functional groups attached to an aromatic ring is 1. The summed E-state index contributed by atoms with van der Waals surface area (Å²) in [6, 6.07) is 15.7. The van der Waals surface area contributed by atoms with E-state index in [1.165, 1.54) is 0 Å². The molecule has 2 N–H and O–H groups in total. The molecule has 0 bridgehead atoms. The molecule has 4 heteroatoms. The first kappa shape index (κ1) is 15.2. The van der Waals surface area contributed by atoms with Gasteiger partial charge in [0.1, 0.15) is 6.07 Å². The third kappa shape index (κ3) is 3.48. The van der Waals surface area contributed by atoms with Gasteiger partial charge in [0, 0.05) is 18.3 Å². The summed E-state index contributed by atoms with van der Waals surface area (Å²) < 4.78 is 0. The Morgan fingerprint density at radius 3 is 2.57 bits per heavy atom. The second kappa shape index (κ2) is 6.51. The van der Waals surface area contributed by atoms with Crippen molar-refractivity contribution in [3.05, 3.63) is 58.6 Å². The molecule has 0 unspecified atom stereocenters.